The van der Waals surface area contributed by atoms with Gasteiger partial charge in [0.25, 0.3) is 5.91 Å². The van der Waals surface area contributed by atoms with Crippen molar-refractivity contribution in [2.24, 2.45) is 5.41 Å². The summed E-state index contributed by atoms with van der Waals surface area (Å²) in [5.74, 6) is -0.220. The van der Waals surface area contributed by atoms with Crippen LogP contribution in [0.25, 0.3) is 0 Å². The number of hydrogen-bond donors (Lipinski definition) is 1. The summed E-state index contributed by atoms with van der Waals surface area (Å²) in [7, 11) is 0. The monoisotopic (exact) mass is 330 g/mol. The van der Waals surface area contributed by atoms with E-state index in [1.54, 1.807) is 23.4 Å². The second-order valence-corrected chi connectivity index (χ2v) is 8.25. The Balaban J connectivity index is 1.83. The fraction of sp³-hybridized carbons (Fsp3) is 0.632. The molecule has 1 saturated heterocycles. The number of fused-ring (bicyclic) bond motifs is 1. The maximum Gasteiger partial charge on any atom is 0.259 e. The zero-order valence-corrected chi connectivity index (χ0v) is 14.7. The van der Waals surface area contributed by atoms with Gasteiger partial charge in [0.2, 0.25) is 0 Å². The van der Waals surface area contributed by atoms with Crippen LogP contribution in [0.1, 0.15) is 57.6 Å². The van der Waals surface area contributed by atoms with Gasteiger partial charge < -0.3 is 10.0 Å². The van der Waals surface area contributed by atoms with E-state index in [1.165, 1.54) is 0 Å². The van der Waals surface area contributed by atoms with Gasteiger partial charge in [-0.05, 0) is 48.3 Å². The number of aryl methyl sites for hydroxylation is 1. The van der Waals surface area contributed by atoms with Crippen LogP contribution in [-0.2, 0) is 21.6 Å². The van der Waals surface area contributed by atoms with Gasteiger partial charge >= 0.3 is 0 Å². The average molecular weight is 330 g/mol. The normalized spacial score (nSPS) is 26.5. The molecule has 1 aliphatic heterocycles. The Morgan fingerprint density at radius 3 is 2.88 bits per heavy atom. The van der Waals surface area contributed by atoms with Crippen LogP contribution in [0.5, 0.6) is 0 Å². The number of nitrogens with zero attached hydrogens (tertiary/aromatic N) is 2. The zero-order valence-electron chi connectivity index (χ0n) is 14.7. The Morgan fingerprint density at radius 2 is 2.17 bits per heavy atom. The maximum atomic E-state index is 13.1. The highest BCUT2D eigenvalue weighted by molar-refractivity contribution is 5.94. The number of pyridine rings is 1. The van der Waals surface area contributed by atoms with E-state index in [4.69, 9.17) is 0 Å². The van der Waals surface area contributed by atoms with Crippen LogP contribution in [0.15, 0.2) is 18.5 Å². The minimum absolute atomic E-state index is 0.100. The van der Waals surface area contributed by atoms with E-state index in [-0.39, 0.29) is 17.1 Å². The number of Topliss-reactive ketones (excluding diaryl/α,β-unsaturated/α-hetero) is 1. The first kappa shape index (κ1) is 17.1. The van der Waals surface area contributed by atoms with E-state index >= 15 is 0 Å². The molecule has 1 aromatic heterocycles. The van der Waals surface area contributed by atoms with Crippen molar-refractivity contribution in [2.45, 2.75) is 64.5 Å². The van der Waals surface area contributed by atoms with Gasteiger partial charge in [-0.2, -0.15) is 0 Å². The van der Waals surface area contributed by atoms with Crippen LogP contribution >= 0.6 is 0 Å². The molecule has 3 rings (SSSR count). The fourth-order valence-electron chi connectivity index (χ4n) is 3.92. The van der Waals surface area contributed by atoms with Gasteiger partial charge in [0, 0.05) is 25.4 Å². The number of amides is 1. The summed E-state index contributed by atoms with van der Waals surface area (Å²) >= 11 is 0. The molecule has 2 heterocycles. The number of likely N-dealkylation sites (tertiary alicyclic amines) is 1. The third-order valence-corrected chi connectivity index (χ3v) is 5.05. The van der Waals surface area contributed by atoms with Gasteiger partial charge in [0.1, 0.15) is 0 Å². The summed E-state index contributed by atoms with van der Waals surface area (Å²) in [6.07, 6.45) is 6.27. The summed E-state index contributed by atoms with van der Waals surface area (Å²) in [5, 5.41) is 11.1. The lowest BCUT2D eigenvalue weighted by Gasteiger charge is -2.33. The molecule has 1 N–H and O–H groups in total. The highest BCUT2D eigenvalue weighted by Gasteiger charge is 2.49. The fourth-order valence-corrected chi connectivity index (χ4v) is 3.92. The number of rotatable bonds is 3. The summed E-state index contributed by atoms with van der Waals surface area (Å²) in [6.45, 7) is 6.63. The lowest BCUT2D eigenvalue weighted by molar-refractivity contribution is -0.155. The molecule has 130 valence electrons. The third-order valence-electron chi connectivity index (χ3n) is 5.05. The van der Waals surface area contributed by atoms with Crippen LogP contribution in [0.4, 0.5) is 0 Å². The van der Waals surface area contributed by atoms with Gasteiger partial charge in [-0.25, -0.2) is 0 Å². The molecule has 5 heteroatoms. The maximum absolute atomic E-state index is 13.1. The molecule has 1 unspecified atom stereocenters. The quantitative estimate of drug-likeness (QED) is 0.922. The molecular formula is C19H26N2O3. The molecule has 0 saturated carbocycles. The second-order valence-electron chi connectivity index (χ2n) is 8.25. The molecule has 0 radical (unpaired) electrons. The van der Waals surface area contributed by atoms with Crippen LogP contribution in [0, 0.1) is 5.41 Å². The van der Waals surface area contributed by atoms with Gasteiger partial charge in [0.05, 0.1) is 6.04 Å². The number of ketones is 1. The van der Waals surface area contributed by atoms with Gasteiger partial charge in [-0.1, -0.05) is 20.8 Å². The molecule has 5 nitrogen and oxygen atoms in total. The van der Waals surface area contributed by atoms with E-state index in [9.17, 15) is 14.7 Å². The van der Waals surface area contributed by atoms with Crippen molar-refractivity contribution in [2.75, 3.05) is 6.54 Å². The molecule has 1 aliphatic carbocycles. The van der Waals surface area contributed by atoms with Gasteiger partial charge in [-0.3, -0.25) is 14.6 Å². The first-order chi connectivity index (χ1) is 11.2. The molecule has 2 aliphatic rings. The Labute approximate surface area is 143 Å². The Bertz CT molecular complexity index is 665. The molecule has 1 fully saturated rings. The SMILES string of the molecule is CC(C)(C)CC(=O)[C@@H]1CCCN1C(=O)C1(O)CCc2cnccc21. The molecule has 1 amide bonds. The van der Waals surface area contributed by atoms with Crippen LogP contribution in [-0.4, -0.2) is 39.3 Å². The van der Waals surface area contributed by atoms with E-state index < -0.39 is 11.6 Å². The van der Waals surface area contributed by atoms with Gasteiger partial charge in [0.15, 0.2) is 11.4 Å². The predicted octanol–water partition coefficient (Wildman–Crippen LogP) is 2.21. The molecule has 0 bridgehead atoms. The lowest BCUT2D eigenvalue weighted by Crippen LogP contribution is -2.50. The van der Waals surface area contributed by atoms with Crippen molar-refractivity contribution < 1.29 is 14.7 Å². The average Bonchev–Trinajstić information content (AvgIpc) is 3.11. The van der Waals surface area contributed by atoms with Crippen molar-refractivity contribution in [3.05, 3.63) is 29.6 Å². The standard InChI is InChI=1S/C19H26N2O3/c1-18(2,3)11-16(22)15-5-4-10-21(15)17(23)19(24)8-6-13-12-20-9-7-14(13)19/h7,9,12,15,24H,4-6,8,10-11H2,1-3H3/t15-,19?/m0/s1. The van der Waals surface area contributed by atoms with Gasteiger partial charge in [-0.15, -0.1) is 0 Å². The predicted molar refractivity (Wildman–Crippen MR) is 90.3 cm³/mol. The number of hydrogen-bond acceptors (Lipinski definition) is 4. The molecule has 2 atom stereocenters. The Hall–Kier alpha value is -1.75. The molecular weight excluding hydrogens is 304 g/mol. The minimum atomic E-state index is -1.51. The number of carbonyl (C=O) groups excluding carboxylic acids is 2. The number of carbonyl (C=O) groups is 2. The van der Waals surface area contributed by atoms with E-state index in [0.717, 1.165) is 12.0 Å². The van der Waals surface area contributed by atoms with Crippen LogP contribution in [0.2, 0.25) is 0 Å². The van der Waals surface area contributed by atoms with E-state index in [2.05, 4.69) is 4.98 Å². The van der Waals surface area contributed by atoms with Crippen LogP contribution < -0.4 is 0 Å². The molecule has 0 aromatic carbocycles. The number of aromatic nitrogens is 1. The topological polar surface area (TPSA) is 70.5 Å². The van der Waals surface area contributed by atoms with Crippen molar-refractivity contribution in [3.63, 3.8) is 0 Å². The number of aliphatic hydroxyl groups is 1. The lowest BCUT2D eigenvalue weighted by atomic mass is 9.87. The summed E-state index contributed by atoms with van der Waals surface area (Å²) in [6, 6.07) is 1.33. The summed E-state index contributed by atoms with van der Waals surface area (Å²) < 4.78 is 0. The summed E-state index contributed by atoms with van der Waals surface area (Å²) in [4.78, 5) is 31.5. The smallest absolute Gasteiger partial charge is 0.259 e. The highest BCUT2D eigenvalue weighted by atomic mass is 16.3. The Kier molecular flexibility index (Phi) is 4.24. The largest absolute Gasteiger partial charge is 0.375 e. The van der Waals surface area contributed by atoms with Crippen LogP contribution in [0.3, 0.4) is 0 Å². The Morgan fingerprint density at radius 1 is 1.42 bits per heavy atom. The minimum Gasteiger partial charge on any atom is -0.375 e. The second kappa shape index (κ2) is 5.96. The third kappa shape index (κ3) is 2.97. The first-order valence-electron chi connectivity index (χ1n) is 8.72. The summed E-state index contributed by atoms with van der Waals surface area (Å²) in [5.41, 5.74) is -0.0404. The van der Waals surface area contributed by atoms with E-state index in [0.29, 0.717) is 37.8 Å². The van der Waals surface area contributed by atoms with Crippen molar-refractivity contribution in [1.29, 1.82) is 0 Å². The zero-order chi connectivity index (χ0) is 17.5. The molecule has 1 aromatic rings. The van der Waals surface area contributed by atoms with E-state index in [1.807, 2.05) is 20.8 Å². The first-order valence-corrected chi connectivity index (χ1v) is 8.72. The molecule has 24 heavy (non-hydrogen) atoms. The van der Waals surface area contributed by atoms with Crippen molar-refractivity contribution in [3.8, 4) is 0 Å². The van der Waals surface area contributed by atoms with Crippen molar-refractivity contribution >= 4 is 11.7 Å². The molecule has 0 spiro atoms. The van der Waals surface area contributed by atoms with Crippen molar-refractivity contribution in [1.82, 2.24) is 9.88 Å². The highest BCUT2D eigenvalue weighted by Crippen LogP contribution is 2.39.